The average Bonchev–Trinajstić information content (AvgIpc) is 2.79. The van der Waals surface area contributed by atoms with Crippen LogP contribution in [0.1, 0.15) is 101 Å². The maximum Gasteiger partial charge on any atom is 0.335 e. The molecule has 0 saturated heterocycles. The second kappa shape index (κ2) is 18.0. The minimum Gasteiger partial charge on any atom is -0.478 e. The van der Waals surface area contributed by atoms with E-state index < -0.39 is 15.9 Å². The molecule has 0 aliphatic carbocycles. The molecule has 4 N–H and O–H groups in total. The Morgan fingerprint density at radius 1 is 0.914 bits per heavy atom. The number of anilines is 1. The van der Waals surface area contributed by atoms with Gasteiger partial charge in [0.25, 0.3) is 0 Å². The van der Waals surface area contributed by atoms with Crippen LogP contribution in [-0.4, -0.2) is 32.1 Å². The van der Waals surface area contributed by atoms with Crippen LogP contribution in [0.3, 0.4) is 0 Å². The first-order valence-electron chi connectivity index (χ1n) is 12.4. The summed E-state index contributed by atoms with van der Waals surface area (Å²) in [6.07, 6.45) is 13.9. The Morgan fingerprint density at radius 3 is 1.97 bits per heavy atom. The molecular formula is C25H38Cl3N3O3S. The summed E-state index contributed by atoms with van der Waals surface area (Å²) in [5, 5.41) is 17.5. The highest BCUT2D eigenvalue weighted by Gasteiger charge is 2.34. The molecule has 198 valence electrons. The fraction of sp³-hybridized carbons (Fsp3) is 0.640. The summed E-state index contributed by atoms with van der Waals surface area (Å²) in [4.78, 5) is 23.5. The predicted molar refractivity (Wildman–Crippen MR) is 151 cm³/mol. The van der Waals surface area contributed by atoms with Crippen molar-refractivity contribution in [1.29, 1.82) is 0 Å². The number of amides is 1. The summed E-state index contributed by atoms with van der Waals surface area (Å²) in [5.74, 6) is -1.30. The molecule has 1 amide bonds. The first-order chi connectivity index (χ1) is 16.6. The van der Waals surface area contributed by atoms with Crippen molar-refractivity contribution in [2.45, 2.75) is 100 Å². The summed E-state index contributed by atoms with van der Waals surface area (Å²) in [6.45, 7) is 2.24. The lowest BCUT2D eigenvalue weighted by Crippen LogP contribution is -2.56. The van der Waals surface area contributed by atoms with E-state index in [-0.39, 0.29) is 16.6 Å². The van der Waals surface area contributed by atoms with Crippen molar-refractivity contribution in [1.82, 2.24) is 10.6 Å². The topological polar surface area (TPSA) is 90.5 Å². The quantitative estimate of drug-likeness (QED) is 0.0673. The first kappa shape index (κ1) is 31.7. The Kier molecular flexibility index (Phi) is 16.4. The van der Waals surface area contributed by atoms with Crippen molar-refractivity contribution < 1.29 is 14.7 Å². The zero-order valence-electron chi connectivity index (χ0n) is 20.4. The maximum atomic E-state index is 12.4. The van der Waals surface area contributed by atoms with E-state index in [2.05, 4.69) is 22.9 Å². The van der Waals surface area contributed by atoms with E-state index in [4.69, 9.17) is 52.1 Å². The van der Waals surface area contributed by atoms with Gasteiger partial charge in [-0.25, -0.2) is 4.79 Å². The van der Waals surface area contributed by atoms with Gasteiger partial charge in [0.1, 0.15) is 6.17 Å². The van der Waals surface area contributed by atoms with Gasteiger partial charge in [-0.1, -0.05) is 118 Å². The third-order valence-electron chi connectivity index (χ3n) is 5.53. The number of carbonyl (C=O) groups is 2. The van der Waals surface area contributed by atoms with Crippen molar-refractivity contribution in [3.8, 4) is 0 Å². The van der Waals surface area contributed by atoms with Gasteiger partial charge >= 0.3 is 5.97 Å². The largest absolute Gasteiger partial charge is 0.478 e. The van der Waals surface area contributed by atoms with Crippen molar-refractivity contribution in [2.24, 2.45) is 0 Å². The van der Waals surface area contributed by atoms with Crippen LogP contribution >= 0.6 is 47.0 Å². The standard InChI is InChI=1S/C25H38Cl3N3O3S/c1-2-3-4-5-6-7-8-9-10-11-12-13-17-21(32)30-23(25(26,27)28)31-24(35)29-20-16-14-15-19(18-20)22(33)34/h14-16,18,23H,2-13,17H2,1H3,(H,30,32)(H,33,34)(H2,29,31,35). The van der Waals surface area contributed by atoms with E-state index in [1.807, 2.05) is 0 Å². The van der Waals surface area contributed by atoms with Crippen molar-refractivity contribution >= 4 is 69.7 Å². The Morgan fingerprint density at radius 2 is 1.46 bits per heavy atom. The van der Waals surface area contributed by atoms with E-state index in [0.717, 1.165) is 19.3 Å². The SMILES string of the molecule is CCCCCCCCCCCCCCC(=O)NC(NC(=S)Nc1cccc(C(=O)O)c1)C(Cl)(Cl)Cl. The fourth-order valence-electron chi connectivity index (χ4n) is 3.59. The van der Waals surface area contributed by atoms with Crippen LogP contribution in [0.15, 0.2) is 24.3 Å². The molecular weight excluding hydrogens is 529 g/mol. The number of alkyl halides is 3. The molecule has 0 fully saturated rings. The van der Waals surface area contributed by atoms with Gasteiger partial charge in [-0.3, -0.25) is 4.79 Å². The van der Waals surface area contributed by atoms with Gasteiger partial charge in [-0.2, -0.15) is 0 Å². The number of rotatable bonds is 17. The summed E-state index contributed by atoms with van der Waals surface area (Å²) >= 11 is 23.3. The lowest BCUT2D eigenvalue weighted by atomic mass is 10.0. The number of nitrogens with one attached hydrogen (secondary N) is 3. The van der Waals surface area contributed by atoms with Gasteiger partial charge in [0.05, 0.1) is 5.56 Å². The lowest BCUT2D eigenvalue weighted by Gasteiger charge is -2.27. The number of carbonyl (C=O) groups excluding carboxylic acids is 1. The summed E-state index contributed by atoms with van der Waals surface area (Å²) in [7, 11) is 0. The molecule has 0 heterocycles. The Balaban J connectivity index is 2.29. The third kappa shape index (κ3) is 15.4. The van der Waals surface area contributed by atoms with E-state index in [9.17, 15) is 9.59 Å². The molecule has 0 bridgehead atoms. The molecule has 1 rings (SSSR count). The highest BCUT2D eigenvalue weighted by atomic mass is 35.6. The molecule has 0 aromatic heterocycles. The molecule has 1 atom stereocenters. The van der Waals surface area contributed by atoms with Crippen LogP contribution < -0.4 is 16.0 Å². The Labute approximate surface area is 229 Å². The number of benzene rings is 1. The number of halogens is 3. The molecule has 10 heteroatoms. The van der Waals surface area contributed by atoms with Gasteiger partial charge in [0.2, 0.25) is 9.70 Å². The molecule has 0 aliphatic heterocycles. The number of aromatic carboxylic acids is 1. The number of hydrogen-bond acceptors (Lipinski definition) is 3. The molecule has 1 aromatic carbocycles. The zero-order valence-corrected chi connectivity index (χ0v) is 23.5. The van der Waals surface area contributed by atoms with Gasteiger partial charge in [0.15, 0.2) is 5.11 Å². The van der Waals surface area contributed by atoms with Crippen LogP contribution in [0, 0.1) is 0 Å². The molecule has 6 nitrogen and oxygen atoms in total. The monoisotopic (exact) mass is 565 g/mol. The minimum absolute atomic E-state index is 0.0783. The number of carboxylic acids is 1. The molecule has 35 heavy (non-hydrogen) atoms. The van der Waals surface area contributed by atoms with E-state index in [1.54, 1.807) is 12.1 Å². The number of unbranched alkanes of at least 4 members (excludes halogenated alkanes) is 11. The molecule has 0 saturated carbocycles. The van der Waals surface area contributed by atoms with Crippen LogP contribution in [0.4, 0.5) is 5.69 Å². The maximum absolute atomic E-state index is 12.4. The first-order valence-corrected chi connectivity index (χ1v) is 13.9. The Bertz CT molecular complexity index is 791. The van der Waals surface area contributed by atoms with Crippen molar-refractivity contribution in [3.05, 3.63) is 29.8 Å². The van der Waals surface area contributed by atoms with Crippen LogP contribution in [-0.2, 0) is 4.79 Å². The average molecular weight is 567 g/mol. The van der Waals surface area contributed by atoms with Crippen LogP contribution in [0.2, 0.25) is 0 Å². The highest BCUT2D eigenvalue weighted by molar-refractivity contribution is 7.80. The van der Waals surface area contributed by atoms with Crippen LogP contribution in [0.25, 0.3) is 0 Å². The second-order valence-corrected chi connectivity index (χ2v) is 11.4. The smallest absolute Gasteiger partial charge is 0.335 e. The van der Waals surface area contributed by atoms with E-state index >= 15 is 0 Å². The van der Waals surface area contributed by atoms with E-state index in [1.165, 1.54) is 69.9 Å². The lowest BCUT2D eigenvalue weighted by molar-refractivity contribution is -0.122. The molecule has 0 spiro atoms. The summed E-state index contributed by atoms with van der Waals surface area (Å²) in [6, 6.07) is 6.12. The van der Waals surface area contributed by atoms with Gasteiger partial charge in [-0.05, 0) is 36.8 Å². The number of hydrogen-bond donors (Lipinski definition) is 4. The summed E-state index contributed by atoms with van der Waals surface area (Å²) < 4.78 is -1.85. The zero-order chi connectivity index (χ0) is 26.1. The van der Waals surface area contributed by atoms with E-state index in [0.29, 0.717) is 12.1 Å². The molecule has 1 aromatic rings. The van der Waals surface area contributed by atoms with Gasteiger partial charge in [0, 0.05) is 12.1 Å². The highest BCUT2D eigenvalue weighted by Crippen LogP contribution is 2.29. The minimum atomic E-state index is -1.85. The van der Waals surface area contributed by atoms with Gasteiger partial charge < -0.3 is 21.1 Å². The normalized spacial score (nSPS) is 12.1. The summed E-state index contributed by atoms with van der Waals surface area (Å²) in [5.41, 5.74) is 0.555. The van der Waals surface area contributed by atoms with Crippen LogP contribution in [0.5, 0.6) is 0 Å². The molecule has 0 aliphatic rings. The van der Waals surface area contributed by atoms with Gasteiger partial charge in [-0.15, -0.1) is 0 Å². The second-order valence-electron chi connectivity index (χ2n) is 8.67. The van der Waals surface area contributed by atoms with Crippen molar-refractivity contribution in [2.75, 3.05) is 5.32 Å². The fourth-order valence-corrected chi connectivity index (χ4v) is 4.15. The Hall–Kier alpha value is -1.28. The molecule has 1 unspecified atom stereocenters. The number of carboxylic acid groups (broad SMARTS) is 1. The number of thiocarbonyl (C=S) groups is 1. The third-order valence-corrected chi connectivity index (χ3v) is 6.41. The predicted octanol–water partition coefficient (Wildman–Crippen LogP) is 7.57. The van der Waals surface area contributed by atoms with Crippen molar-refractivity contribution in [3.63, 3.8) is 0 Å². The molecule has 0 radical (unpaired) electrons.